The van der Waals surface area contributed by atoms with Gasteiger partial charge in [0, 0.05) is 13.1 Å². The van der Waals surface area contributed by atoms with Gasteiger partial charge in [0.15, 0.2) is 11.2 Å². The Bertz CT molecular complexity index is 654. The predicted molar refractivity (Wildman–Crippen MR) is 66.8 cm³/mol. The number of H-pyrrole nitrogens is 2. The van der Waals surface area contributed by atoms with Crippen LogP contribution in [-0.2, 0) is 6.54 Å². The topological polar surface area (TPSA) is 116 Å². The van der Waals surface area contributed by atoms with Crippen LogP contribution in [0.5, 0.6) is 0 Å². The molecule has 2 heterocycles. The molecule has 0 aliphatic carbocycles. The molecule has 0 saturated carbocycles. The summed E-state index contributed by atoms with van der Waals surface area (Å²) in [4.78, 5) is 32.5. The Balaban J connectivity index is 2.58. The normalized spacial score (nSPS) is 11.0. The molecule has 0 radical (unpaired) electrons. The lowest BCUT2D eigenvalue weighted by Crippen LogP contribution is -2.30. The van der Waals surface area contributed by atoms with Crippen LogP contribution in [0.1, 0.15) is 13.3 Å². The maximum Gasteiger partial charge on any atom is 0.330 e. The summed E-state index contributed by atoms with van der Waals surface area (Å²) in [5.74, 6) is 0.361. The number of aliphatic hydroxyl groups excluding tert-OH is 1. The SMILES string of the molecule is CCCn1c(=O)[nH]c(=O)c2[nH]c(NCCO)nc21. The molecule has 2 aromatic heterocycles. The number of aryl methyl sites for hydroxylation is 1. The Labute approximate surface area is 102 Å². The highest BCUT2D eigenvalue weighted by molar-refractivity contribution is 5.72. The lowest BCUT2D eigenvalue weighted by molar-refractivity contribution is 0.311. The number of rotatable bonds is 5. The molecule has 0 aliphatic rings. The smallest absolute Gasteiger partial charge is 0.330 e. The quantitative estimate of drug-likeness (QED) is 0.558. The number of imidazole rings is 1. The summed E-state index contributed by atoms with van der Waals surface area (Å²) in [7, 11) is 0. The fourth-order valence-electron chi connectivity index (χ4n) is 1.73. The van der Waals surface area contributed by atoms with Crippen molar-refractivity contribution < 1.29 is 5.11 Å². The van der Waals surface area contributed by atoms with Crippen LogP contribution >= 0.6 is 0 Å². The Morgan fingerprint density at radius 2 is 2.17 bits per heavy atom. The number of aromatic amines is 2. The van der Waals surface area contributed by atoms with Gasteiger partial charge in [-0.2, -0.15) is 4.98 Å². The standard InChI is InChI=1S/C10H15N5O3/c1-2-4-15-7-6(8(17)14-10(15)18)12-9(13-7)11-3-5-16/h16H,2-5H2,1H3,(H2,11,12,13)(H,14,17,18). The van der Waals surface area contributed by atoms with Gasteiger partial charge in [-0.1, -0.05) is 6.92 Å². The third kappa shape index (κ3) is 2.14. The van der Waals surface area contributed by atoms with Crippen LogP contribution in [0.4, 0.5) is 5.95 Å². The molecule has 0 atom stereocenters. The summed E-state index contributed by atoms with van der Waals surface area (Å²) in [6.45, 7) is 2.68. The minimum atomic E-state index is -0.494. The number of hydrogen-bond acceptors (Lipinski definition) is 5. The van der Waals surface area contributed by atoms with Gasteiger partial charge in [0.25, 0.3) is 5.56 Å². The second-order valence-corrected chi connectivity index (χ2v) is 3.85. The Morgan fingerprint density at radius 1 is 1.39 bits per heavy atom. The van der Waals surface area contributed by atoms with Crippen LogP contribution in [0.2, 0.25) is 0 Å². The first kappa shape index (κ1) is 12.4. The molecule has 0 saturated heterocycles. The van der Waals surface area contributed by atoms with E-state index >= 15 is 0 Å². The molecule has 0 spiro atoms. The molecule has 0 bridgehead atoms. The molecule has 0 unspecified atom stereocenters. The van der Waals surface area contributed by atoms with Crippen LogP contribution in [-0.4, -0.2) is 37.8 Å². The molecule has 8 heteroatoms. The van der Waals surface area contributed by atoms with E-state index in [9.17, 15) is 9.59 Å². The second kappa shape index (κ2) is 5.05. The number of aliphatic hydroxyl groups is 1. The van der Waals surface area contributed by atoms with Crippen LogP contribution in [0.3, 0.4) is 0 Å². The summed E-state index contributed by atoms with van der Waals surface area (Å²) >= 11 is 0. The maximum atomic E-state index is 11.7. The highest BCUT2D eigenvalue weighted by Crippen LogP contribution is 2.08. The van der Waals surface area contributed by atoms with Crippen molar-refractivity contribution in [1.29, 1.82) is 0 Å². The van der Waals surface area contributed by atoms with Crippen molar-refractivity contribution in [2.75, 3.05) is 18.5 Å². The van der Waals surface area contributed by atoms with E-state index in [0.717, 1.165) is 6.42 Å². The van der Waals surface area contributed by atoms with E-state index in [1.54, 1.807) is 0 Å². The van der Waals surface area contributed by atoms with E-state index in [1.165, 1.54) is 4.57 Å². The maximum absolute atomic E-state index is 11.7. The van der Waals surface area contributed by atoms with E-state index in [0.29, 0.717) is 24.7 Å². The zero-order valence-corrected chi connectivity index (χ0v) is 9.99. The monoisotopic (exact) mass is 253 g/mol. The van der Waals surface area contributed by atoms with Gasteiger partial charge in [0.05, 0.1) is 6.61 Å². The zero-order valence-electron chi connectivity index (χ0n) is 9.99. The Morgan fingerprint density at radius 3 is 2.83 bits per heavy atom. The van der Waals surface area contributed by atoms with Crippen molar-refractivity contribution in [2.45, 2.75) is 19.9 Å². The van der Waals surface area contributed by atoms with E-state index in [1.807, 2.05) is 6.92 Å². The first-order valence-electron chi connectivity index (χ1n) is 5.75. The van der Waals surface area contributed by atoms with Crippen molar-refractivity contribution in [3.63, 3.8) is 0 Å². The van der Waals surface area contributed by atoms with Crippen LogP contribution < -0.4 is 16.6 Å². The van der Waals surface area contributed by atoms with Crippen LogP contribution in [0.15, 0.2) is 9.59 Å². The fourth-order valence-corrected chi connectivity index (χ4v) is 1.73. The third-order valence-electron chi connectivity index (χ3n) is 2.48. The minimum absolute atomic E-state index is 0.0465. The van der Waals surface area contributed by atoms with Gasteiger partial charge >= 0.3 is 5.69 Å². The van der Waals surface area contributed by atoms with E-state index in [2.05, 4.69) is 20.3 Å². The van der Waals surface area contributed by atoms with Crippen molar-refractivity contribution in [1.82, 2.24) is 19.5 Å². The molecule has 4 N–H and O–H groups in total. The molecule has 0 aliphatic heterocycles. The second-order valence-electron chi connectivity index (χ2n) is 3.85. The molecular formula is C10H15N5O3. The van der Waals surface area contributed by atoms with Gasteiger partial charge in [-0.05, 0) is 6.42 Å². The van der Waals surface area contributed by atoms with Crippen molar-refractivity contribution in [3.8, 4) is 0 Å². The Hall–Kier alpha value is -2.09. The van der Waals surface area contributed by atoms with E-state index in [-0.39, 0.29) is 12.1 Å². The van der Waals surface area contributed by atoms with E-state index in [4.69, 9.17) is 5.11 Å². The van der Waals surface area contributed by atoms with Gasteiger partial charge in [-0.15, -0.1) is 0 Å². The summed E-state index contributed by atoms with van der Waals surface area (Å²) in [5.41, 5.74) is -0.379. The lowest BCUT2D eigenvalue weighted by Gasteiger charge is -2.02. The fraction of sp³-hybridized carbons (Fsp3) is 0.500. The van der Waals surface area contributed by atoms with Crippen LogP contribution in [0, 0.1) is 0 Å². The highest BCUT2D eigenvalue weighted by atomic mass is 16.3. The molecule has 18 heavy (non-hydrogen) atoms. The average Bonchev–Trinajstić information content (AvgIpc) is 2.76. The Kier molecular flexibility index (Phi) is 3.47. The van der Waals surface area contributed by atoms with Gasteiger partial charge in [0.1, 0.15) is 0 Å². The third-order valence-corrected chi connectivity index (χ3v) is 2.48. The molecule has 98 valence electrons. The van der Waals surface area contributed by atoms with Gasteiger partial charge in [-0.3, -0.25) is 14.3 Å². The summed E-state index contributed by atoms with van der Waals surface area (Å²) in [5, 5.41) is 11.5. The van der Waals surface area contributed by atoms with Gasteiger partial charge in [-0.25, -0.2) is 4.79 Å². The van der Waals surface area contributed by atoms with Crippen molar-refractivity contribution in [3.05, 3.63) is 20.8 Å². The average molecular weight is 253 g/mol. The summed E-state index contributed by atoms with van der Waals surface area (Å²) in [6.07, 6.45) is 0.757. The van der Waals surface area contributed by atoms with E-state index < -0.39 is 11.2 Å². The molecule has 0 amide bonds. The number of nitrogens with one attached hydrogen (secondary N) is 3. The number of hydrogen-bond donors (Lipinski definition) is 4. The van der Waals surface area contributed by atoms with Crippen molar-refractivity contribution >= 4 is 17.1 Å². The number of fused-ring (bicyclic) bond motifs is 1. The van der Waals surface area contributed by atoms with Gasteiger partial charge in [0.2, 0.25) is 5.95 Å². The van der Waals surface area contributed by atoms with Crippen LogP contribution in [0.25, 0.3) is 11.2 Å². The molecule has 8 nitrogen and oxygen atoms in total. The number of aromatic nitrogens is 4. The number of nitrogens with zero attached hydrogens (tertiary/aromatic N) is 2. The lowest BCUT2D eigenvalue weighted by atomic mass is 10.4. The molecule has 0 fully saturated rings. The molecule has 0 aromatic carbocycles. The number of anilines is 1. The predicted octanol–water partition coefficient (Wildman–Crippen LogP) is -0.773. The van der Waals surface area contributed by atoms with Crippen molar-refractivity contribution in [2.24, 2.45) is 0 Å². The minimum Gasteiger partial charge on any atom is -0.395 e. The zero-order chi connectivity index (χ0) is 13.1. The van der Waals surface area contributed by atoms with Gasteiger partial charge < -0.3 is 15.4 Å². The molecule has 2 rings (SSSR count). The molecule has 2 aromatic rings. The first-order chi connectivity index (χ1) is 8.67. The first-order valence-corrected chi connectivity index (χ1v) is 5.75. The summed E-state index contributed by atoms with van der Waals surface area (Å²) in [6, 6.07) is 0. The largest absolute Gasteiger partial charge is 0.395 e. The summed E-state index contributed by atoms with van der Waals surface area (Å²) < 4.78 is 1.41. The molecular weight excluding hydrogens is 238 g/mol. The highest BCUT2D eigenvalue weighted by Gasteiger charge is 2.11.